The average molecular weight is 302 g/mol. The summed E-state index contributed by atoms with van der Waals surface area (Å²) in [6.07, 6.45) is 2.21. The van der Waals surface area contributed by atoms with Gasteiger partial charge >= 0.3 is 0 Å². The van der Waals surface area contributed by atoms with E-state index in [-0.39, 0.29) is 0 Å². The second-order valence-corrected chi connectivity index (χ2v) is 5.61. The van der Waals surface area contributed by atoms with Crippen LogP contribution in [0.3, 0.4) is 0 Å². The van der Waals surface area contributed by atoms with Crippen molar-refractivity contribution in [1.82, 2.24) is 0 Å². The smallest absolute Gasteiger partial charge is 0.127 e. The molecule has 0 bridgehead atoms. The fraction of sp³-hybridized carbons (Fsp3) is 0.182. The Kier molecular flexibility index (Phi) is 5.10. The molecule has 0 aliphatic carbocycles. The SMILES string of the molecule is CCCCOc1cccc(-c2ccccc2)c1-c1ccccc1. The van der Waals surface area contributed by atoms with Gasteiger partial charge in [-0.15, -0.1) is 0 Å². The van der Waals surface area contributed by atoms with Crippen molar-refractivity contribution in [3.8, 4) is 28.0 Å². The van der Waals surface area contributed by atoms with Gasteiger partial charge < -0.3 is 4.74 Å². The van der Waals surface area contributed by atoms with E-state index >= 15 is 0 Å². The van der Waals surface area contributed by atoms with Gasteiger partial charge in [-0.25, -0.2) is 0 Å². The minimum Gasteiger partial charge on any atom is -0.493 e. The predicted octanol–water partition coefficient (Wildman–Crippen LogP) is 6.20. The van der Waals surface area contributed by atoms with E-state index in [1.807, 2.05) is 12.1 Å². The van der Waals surface area contributed by atoms with E-state index in [2.05, 4.69) is 73.7 Å². The molecule has 0 radical (unpaired) electrons. The summed E-state index contributed by atoms with van der Waals surface area (Å²) in [6, 6.07) is 27.3. The molecule has 116 valence electrons. The summed E-state index contributed by atoms with van der Waals surface area (Å²) in [5.74, 6) is 0.964. The lowest BCUT2D eigenvalue weighted by Gasteiger charge is -2.16. The summed E-state index contributed by atoms with van der Waals surface area (Å²) >= 11 is 0. The molecule has 0 heterocycles. The van der Waals surface area contributed by atoms with Crippen molar-refractivity contribution >= 4 is 0 Å². The van der Waals surface area contributed by atoms with E-state index in [9.17, 15) is 0 Å². The third kappa shape index (κ3) is 3.62. The highest BCUT2D eigenvalue weighted by Gasteiger charge is 2.13. The van der Waals surface area contributed by atoms with Crippen molar-refractivity contribution in [1.29, 1.82) is 0 Å². The van der Waals surface area contributed by atoms with Gasteiger partial charge in [-0.05, 0) is 29.2 Å². The Morgan fingerprint density at radius 2 is 1.35 bits per heavy atom. The zero-order chi connectivity index (χ0) is 15.9. The van der Waals surface area contributed by atoms with Gasteiger partial charge in [-0.1, -0.05) is 86.1 Å². The minimum absolute atomic E-state index is 0.759. The Morgan fingerprint density at radius 1 is 0.696 bits per heavy atom. The molecule has 3 aromatic rings. The van der Waals surface area contributed by atoms with Gasteiger partial charge in [-0.3, -0.25) is 0 Å². The first-order chi connectivity index (χ1) is 11.4. The highest BCUT2D eigenvalue weighted by atomic mass is 16.5. The molecule has 3 rings (SSSR count). The third-order valence-electron chi connectivity index (χ3n) is 3.93. The minimum atomic E-state index is 0.759. The Hall–Kier alpha value is -2.54. The lowest BCUT2D eigenvalue weighted by Crippen LogP contribution is -1.99. The molecule has 0 aliphatic heterocycles. The van der Waals surface area contributed by atoms with E-state index in [1.54, 1.807) is 0 Å². The Labute approximate surface area is 138 Å². The van der Waals surface area contributed by atoms with Crippen LogP contribution in [0.4, 0.5) is 0 Å². The lowest BCUT2D eigenvalue weighted by atomic mass is 9.94. The number of rotatable bonds is 6. The second kappa shape index (κ2) is 7.64. The quantitative estimate of drug-likeness (QED) is 0.493. The molecule has 23 heavy (non-hydrogen) atoms. The number of unbranched alkanes of at least 4 members (excludes halogenated alkanes) is 1. The topological polar surface area (TPSA) is 9.23 Å². The number of benzene rings is 3. The molecule has 1 heteroatoms. The monoisotopic (exact) mass is 302 g/mol. The van der Waals surface area contributed by atoms with Gasteiger partial charge in [0.2, 0.25) is 0 Å². The lowest BCUT2D eigenvalue weighted by molar-refractivity contribution is 0.310. The number of hydrogen-bond donors (Lipinski definition) is 0. The molecule has 0 spiro atoms. The molecule has 1 nitrogen and oxygen atoms in total. The van der Waals surface area contributed by atoms with Crippen LogP contribution in [0.2, 0.25) is 0 Å². The van der Waals surface area contributed by atoms with E-state index in [0.29, 0.717) is 0 Å². The zero-order valence-electron chi connectivity index (χ0n) is 13.5. The number of ether oxygens (including phenoxy) is 1. The molecular formula is C22H22O. The molecule has 0 amide bonds. The summed E-state index contributed by atoms with van der Waals surface area (Å²) < 4.78 is 6.09. The fourth-order valence-corrected chi connectivity index (χ4v) is 2.74. The van der Waals surface area contributed by atoms with Crippen LogP contribution in [-0.2, 0) is 0 Å². The van der Waals surface area contributed by atoms with Crippen LogP contribution >= 0.6 is 0 Å². The van der Waals surface area contributed by atoms with Crippen molar-refractivity contribution in [2.75, 3.05) is 6.61 Å². The highest BCUT2D eigenvalue weighted by molar-refractivity contribution is 5.87. The van der Waals surface area contributed by atoms with Crippen LogP contribution in [0.25, 0.3) is 22.3 Å². The Morgan fingerprint density at radius 3 is 2.00 bits per heavy atom. The first-order valence-corrected chi connectivity index (χ1v) is 8.27. The molecule has 0 atom stereocenters. The van der Waals surface area contributed by atoms with Crippen molar-refractivity contribution in [3.05, 3.63) is 78.9 Å². The maximum Gasteiger partial charge on any atom is 0.127 e. The Balaban J connectivity index is 2.10. The molecular weight excluding hydrogens is 280 g/mol. The van der Waals surface area contributed by atoms with Crippen LogP contribution in [-0.4, -0.2) is 6.61 Å². The van der Waals surface area contributed by atoms with Crippen LogP contribution in [0.5, 0.6) is 5.75 Å². The third-order valence-corrected chi connectivity index (χ3v) is 3.93. The van der Waals surface area contributed by atoms with Gasteiger partial charge in [0.15, 0.2) is 0 Å². The fourth-order valence-electron chi connectivity index (χ4n) is 2.74. The van der Waals surface area contributed by atoms with E-state index in [0.717, 1.165) is 25.2 Å². The van der Waals surface area contributed by atoms with Crippen LogP contribution < -0.4 is 4.74 Å². The van der Waals surface area contributed by atoms with Crippen molar-refractivity contribution in [2.24, 2.45) is 0 Å². The normalized spacial score (nSPS) is 10.5. The molecule has 0 unspecified atom stereocenters. The summed E-state index contributed by atoms with van der Waals surface area (Å²) in [7, 11) is 0. The van der Waals surface area contributed by atoms with E-state index in [4.69, 9.17) is 4.74 Å². The summed E-state index contributed by atoms with van der Waals surface area (Å²) in [5.41, 5.74) is 4.80. The van der Waals surface area contributed by atoms with Crippen molar-refractivity contribution < 1.29 is 4.74 Å². The highest BCUT2D eigenvalue weighted by Crippen LogP contribution is 2.39. The van der Waals surface area contributed by atoms with Crippen LogP contribution in [0, 0.1) is 0 Å². The van der Waals surface area contributed by atoms with Crippen LogP contribution in [0.1, 0.15) is 19.8 Å². The van der Waals surface area contributed by atoms with Gasteiger partial charge in [-0.2, -0.15) is 0 Å². The van der Waals surface area contributed by atoms with Gasteiger partial charge in [0.25, 0.3) is 0 Å². The maximum absolute atomic E-state index is 6.09. The standard InChI is InChI=1S/C22H22O/c1-2-3-17-23-21-16-10-15-20(18-11-6-4-7-12-18)22(21)19-13-8-5-9-14-19/h4-16H,2-3,17H2,1H3. The first-order valence-electron chi connectivity index (χ1n) is 8.27. The molecule has 0 fully saturated rings. The summed E-state index contributed by atoms with van der Waals surface area (Å²) in [4.78, 5) is 0. The summed E-state index contributed by atoms with van der Waals surface area (Å²) in [6.45, 7) is 2.94. The molecule has 3 aromatic carbocycles. The van der Waals surface area contributed by atoms with Gasteiger partial charge in [0.05, 0.1) is 6.61 Å². The maximum atomic E-state index is 6.09. The molecule has 0 N–H and O–H groups in total. The second-order valence-electron chi connectivity index (χ2n) is 5.61. The van der Waals surface area contributed by atoms with Crippen molar-refractivity contribution in [2.45, 2.75) is 19.8 Å². The van der Waals surface area contributed by atoms with Crippen LogP contribution in [0.15, 0.2) is 78.9 Å². The molecule has 0 saturated carbocycles. The van der Waals surface area contributed by atoms with Gasteiger partial charge in [0, 0.05) is 5.56 Å². The molecule has 0 aliphatic rings. The van der Waals surface area contributed by atoms with E-state index < -0.39 is 0 Å². The average Bonchev–Trinajstić information content (AvgIpc) is 2.63. The molecule has 0 saturated heterocycles. The summed E-state index contributed by atoms with van der Waals surface area (Å²) in [5, 5.41) is 0. The van der Waals surface area contributed by atoms with E-state index in [1.165, 1.54) is 22.3 Å². The predicted molar refractivity (Wildman–Crippen MR) is 97.7 cm³/mol. The first kappa shape index (κ1) is 15.4. The number of hydrogen-bond acceptors (Lipinski definition) is 1. The largest absolute Gasteiger partial charge is 0.493 e. The molecule has 0 aromatic heterocycles. The Bertz CT molecular complexity index is 732. The van der Waals surface area contributed by atoms with Gasteiger partial charge in [0.1, 0.15) is 5.75 Å². The van der Waals surface area contributed by atoms with Crippen molar-refractivity contribution in [3.63, 3.8) is 0 Å². The zero-order valence-corrected chi connectivity index (χ0v) is 13.5.